The molecule has 1 atom stereocenters. The molecule has 0 aliphatic heterocycles. The largest absolute Gasteiger partial charge is 0.469 e. The van der Waals surface area contributed by atoms with Crippen molar-refractivity contribution in [1.29, 1.82) is 0 Å². The number of furan rings is 1. The highest BCUT2D eigenvalue weighted by Gasteiger charge is 2.21. The summed E-state index contributed by atoms with van der Waals surface area (Å²) in [6.45, 7) is 5.22. The number of nitrogens with one attached hydrogen (secondary N) is 1. The molecule has 0 amide bonds. The highest BCUT2D eigenvalue weighted by molar-refractivity contribution is 5.16. The van der Waals surface area contributed by atoms with Gasteiger partial charge in [0.2, 0.25) is 0 Å². The average Bonchev–Trinajstić information content (AvgIpc) is 2.88. The lowest BCUT2D eigenvalue weighted by atomic mass is 9.95. The summed E-state index contributed by atoms with van der Waals surface area (Å²) in [7, 11) is 0. The van der Waals surface area contributed by atoms with Gasteiger partial charge in [-0.15, -0.1) is 0 Å². The Morgan fingerprint density at radius 1 is 1.44 bits per heavy atom. The maximum atomic E-state index is 5.42. The summed E-state index contributed by atoms with van der Waals surface area (Å²) in [6, 6.07) is 2.66. The van der Waals surface area contributed by atoms with Crippen molar-refractivity contribution in [2.24, 2.45) is 5.92 Å². The molecular formula is C14H23NO. The van der Waals surface area contributed by atoms with Crippen LogP contribution in [0.2, 0.25) is 0 Å². The van der Waals surface area contributed by atoms with Gasteiger partial charge in [0.1, 0.15) is 5.76 Å². The maximum Gasteiger partial charge on any atom is 0.101 e. The zero-order valence-electron chi connectivity index (χ0n) is 10.5. The van der Waals surface area contributed by atoms with Crippen LogP contribution in [-0.4, -0.2) is 6.54 Å². The molecule has 2 nitrogen and oxygen atoms in total. The van der Waals surface area contributed by atoms with Gasteiger partial charge in [-0.25, -0.2) is 0 Å². The van der Waals surface area contributed by atoms with Crippen molar-refractivity contribution < 1.29 is 4.42 Å². The van der Waals surface area contributed by atoms with Gasteiger partial charge in [0.05, 0.1) is 6.26 Å². The van der Waals surface area contributed by atoms with E-state index in [2.05, 4.69) is 18.3 Å². The summed E-state index contributed by atoms with van der Waals surface area (Å²) in [5.41, 5.74) is 1.33. The number of hydrogen-bond acceptors (Lipinski definition) is 2. The number of hydrogen-bond donors (Lipinski definition) is 1. The normalized spacial score (nSPS) is 19.1. The Balaban J connectivity index is 1.98. The molecule has 1 aliphatic rings. The molecule has 2 rings (SSSR count). The molecule has 1 N–H and O–H groups in total. The fourth-order valence-corrected chi connectivity index (χ4v) is 2.81. The van der Waals surface area contributed by atoms with Gasteiger partial charge >= 0.3 is 0 Å². The molecule has 1 aromatic heterocycles. The Morgan fingerprint density at radius 3 is 2.75 bits per heavy atom. The van der Waals surface area contributed by atoms with E-state index in [9.17, 15) is 0 Å². The van der Waals surface area contributed by atoms with E-state index in [0.29, 0.717) is 6.04 Å². The second kappa shape index (κ2) is 5.53. The van der Waals surface area contributed by atoms with Gasteiger partial charge in [0, 0.05) is 11.6 Å². The fraction of sp³-hybridized carbons (Fsp3) is 0.714. The first-order chi connectivity index (χ1) is 7.79. The quantitative estimate of drug-likeness (QED) is 0.817. The minimum Gasteiger partial charge on any atom is -0.469 e. The highest BCUT2D eigenvalue weighted by Crippen LogP contribution is 2.33. The van der Waals surface area contributed by atoms with Crippen molar-refractivity contribution >= 4 is 0 Å². The van der Waals surface area contributed by atoms with Gasteiger partial charge in [0.15, 0.2) is 0 Å². The molecule has 0 aromatic carbocycles. The van der Waals surface area contributed by atoms with Crippen LogP contribution in [-0.2, 0) is 0 Å². The summed E-state index contributed by atoms with van der Waals surface area (Å²) in [5, 5.41) is 3.58. The summed E-state index contributed by atoms with van der Waals surface area (Å²) >= 11 is 0. The van der Waals surface area contributed by atoms with Gasteiger partial charge in [0.25, 0.3) is 0 Å². The van der Waals surface area contributed by atoms with Gasteiger partial charge in [-0.3, -0.25) is 0 Å². The molecule has 1 fully saturated rings. The van der Waals surface area contributed by atoms with E-state index in [1.165, 1.54) is 37.7 Å². The van der Waals surface area contributed by atoms with Gasteiger partial charge in [-0.1, -0.05) is 32.6 Å². The van der Waals surface area contributed by atoms with Crippen LogP contribution in [0.25, 0.3) is 0 Å². The van der Waals surface area contributed by atoms with Crippen molar-refractivity contribution in [3.63, 3.8) is 0 Å². The van der Waals surface area contributed by atoms with Crippen LogP contribution >= 0.6 is 0 Å². The molecule has 1 aromatic rings. The standard InChI is InChI=1S/C14H23NO/c1-3-15-14(9-12-6-4-5-7-12)13-8-11(2)16-10-13/h8,10,12,14-15H,3-7,9H2,1-2H3. The molecule has 1 unspecified atom stereocenters. The molecular weight excluding hydrogens is 198 g/mol. The summed E-state index contributed by atoms with van der Waals surface area (Å²) in [6.07, 6.45) is 8.86. The van der Waals surface area contributed by atoms with Crippen LogP contribution in [0, 0.1) is 12.8 Å². The van der Waals surface area contributed by atoms with Crippen LogP contribution in [0.3, 0.4) is 0 Å². The minimum absolute atomic E-state index is 0.491. The van der Waals surface area contributed by atoms with Crippen molar-refractivity contribution in [1.82, 2.24) is 5.32 Å². The molecule has 0 spiro atoms. The Kier molecular flexibility index (Phi) is 4.05. The van der Waals surface area contributed by atoms with E-state index in [0.717, 1.165) is 18.2 Å². The third kappa shape index (κ3) is 2.88. The lowest BCUT2D eigenvalue weighted by Gasteiger charge is -2.20. The average molecular weight is 221 g/mol. The molecule has 2 heteroatoms. The molecule has 90 valence electrons. The van der Waals surface area contributed by atoms with E-state index in [-0.39, 0.29) is 0 Å². The Hall–Kier alpha value is -0.760. The topological polar surface area (TPSA) is 25.2 Å². The number of rotatable bonds is 5. The van der Waals surface area contributed by atoms with E-state index < -0.39 is 0 Å². The molecule has 0 bridgehead atoms. The molecule has 1 heterocycles. The molecule has 0 saturated heterocycles. The van der Waals surface area contributed by atoms with Crippen molar-refractivity contribution in [2.75, 3.05) is 6.54 Å². The summed E-state index contributed by atoms with van der Waals surface area (Å²) in [5.74, 6) is 1.93. The molecule has 1 aliphatic carbocycles. The monoisotopic (exact) mass is 221 g/mol. The summed E-state index contributed by atoms with van der Waals surface area (Å²) < 4.78 is 5.42. The number of aryl methyl sites for hydroxylation is 1. The van der Waals surface area contributed by atoms with Crippen molar-refractivity contribution in [2.45, 2.75) is 52.0 Å². The van der Waals surface area contributed by atoms with Crippen molar-refractivity contribution in [3.05, 3.63) is 23.7 Å². The lowest BCUT2D eigenvalue weighted by molar-refractivity contribution is 0.398. The first kappa shape index (κ1) is 11.7. The molecule has 1 saturated carbocycles. The van der Waals surface area contributed by atoms with Crippen LogP contribution in [0.5, 0.6) is 0 Å². The van der Waals surface area contributed by atoms with Gasteiger partial charge in [-0.05, 0) is 31.9 Å². The van der Waals surface area contributed by atoms with Crippen LogP contribution in [0.4, 0.5) is 0 Å². The first-order valence-electron chi connectivity index (χ1n) is 6.58. The van der Waals surface area contributed by atoms with Crippen molar-refractivity contribution in [3.8, 4) is 0 Å². The van der Waals surface area contributed by atoms with E-state index in [4.69, 9.17) is 4.42 Å². The smallest absolute Gasteiger partial charge is 0.101 e. The zero-order valence-corrected chi connectivity index (χ0v) is 10.5. The maximum absolute atomic E-state index is 5.42. The third-order valence-corrected chi connectivity index (χ3v) is 3.65. The molecule has 16 heavy (non-hydrogen) atoms. The predicted octanol–water partition coefficient (Wildman–Crippen LogP) is 3.82. The summed E-state index contributed by atoms with van der Waals surface area (Å²) in [4.78, 5) is 0. The van der Waals surface area contributed by atoms with Crippen LogP contribution in [0.15, 0.2) is 16.7 Å². The zero-order chi connectivity index (χ0) is 11.4. The third-order valence-electron chi connectivity index (χ3n) is 3.65. The Labute approximate surface area is 98.4 Å². The van der Waals surface area contributed by atoms with Crippen LogP contribution < -0.4 is 5.32 Å². The van der Waals surface area contributed by atoms with E-state index in [1.807, 2.05) is 13.2 Å². The van der Waals surface area contributed by atoms with Crippen LogP contribution in [0.1, 0.15) is 56.4 Å². The first-order valence-corrected chi connectivity index (χ1v) is 6.58. The van der Waals surface area contributed by atoms with Gasteiger partial charge < -0.3 is 9.73 Å². The SMILES string of the molecule is CCNC(CC1CCCC1)c1coc(C)c1. The second-order valence-corrected chi connectivity index (χ2v) is 4.99. The molecule has 0 radical (unpaired) electrons. The lowest BCUT2D eigenvalue weighted by Crippen LogP contribution is -2.22. The van der Waals surface area contributed by atoms with Gasteiger partial charge in [-0.2, -0.15) is 0 Å². The Bertz CT molecular complexity index is 312. The Morgan fingerprint density at radius 2 is 2.19 bits per heavy atom. The predicted molar refractivity (Wildman–Crippen MR) is 66.4 cm³/mol. The minimum atomic E-state index is 0.491. The fourth-order valence-electron chi connectivity index (χ4n) is 2.81. The highest BCUT2D eigenvalue weighted by atomic mass is 16.3. The second-order valence-electron chi connectivity index (χ2n) is 4.99. The van der Waals surface area contributed by atoms with E-state index >= 15 is 0 Å². The van der Waals surface area contributed by atoms with E-state index in [1.54, 1.807) is 0 Å².